The van der Waals surface area contributed by atoms with Crippen molar-refractivity contribution >= 4 is 21.6 Å². The maximum Gasteiger partial charge on any atom is 0.243 e. The number of hydrogen-bond acceptors (Lipinski definition) is 3. The van der Waals surface area contributed by atoms with Gasteiger partial charge in [0.1, 0.15) is 10.7 Å². The van der Waals surface area contributed by atoms with Gasteiger partial charge in [-0.15, -0.1) is 0 Å². The van der Waals surface area contributed by atoms with Crippen molar-refractivity contribution in [1.82, 2.24) is 4.72 Å². The van der Waals surface area contributed by atoms with E-state index in [-0.39, 0.29) is 13.1 Å². The number of nitrogens with two attached hydrogens (primary N) is 1. The van der Waals surface area contributed by atoms with Crippen molar-refractivity contribution in [2.75, 3.05) is 0 Å². The number of sulfonamides is 1. The fourth-order valence-corrected chi connectivity index (χ4v) is 3.14. The lowest BCUT2D eigenvalue weighted by molar-refractivity contribution is 0.556. The zero-order valence-electron chi connectivity index (χ0n) is 11.0. The minimum Gasteiger partial charge on any atom is -0.326 e. The van der Waals surface area contributed by atoms with Crippen LogP contribution in [0, 0.1) is 5.82 Å². The van der Waals surface area contributed by atoms with Gasteiger partial charge in [-0.2, -0.15) is 0 Å². The van der Waals surface area contributed by atoms with Crippen LogP contribution in [0.1, 0.15) is 11.1 Å². The molecule has 0 aliphatic rings. The van der Waals surface area contributed by atoms with Crippen molar-refractivity contribution in [1.29, 1.82) is 0 Å². The van der Waals surface area contributed by atoms with Crippen LogP contribution in [-0.4, -0.2) is 8.42 Å². The van der Waals surface area contributed by atoms with Crippen LogP contribution in [0.3, 0.4) is 0 Å². The van der Waals surface area contributed by atoms with Crippen LogP contribution in [0.5, 0.6) is 0 Å². The third-order valence-electron chi connectivity index (χ3n) is 2.88. The van der Waals surface area contributed by atoms with Gasteiger partial charge < -0.3 is 5.73 Å². The minimum absolute atomic E-state index is 0.0230. The first-order valence-corrected chi connectivity index (χ1v) is 8.01. The van der Waals surface area contributed by atoms with E-state index in [1.54, 1.807) is 24.3 Å². The van der Waals surface area contributed by atoms with E-state index in [1.165, 1.54) is 12.1 Å². The normalized spacial score (nSPS) is 11.6. The molecular weight excluding hydrogens is 315 g/mol. The lowest BCUT2D eigenvalue weighted by Gasteiger charge is -2.09. The Kier molecular flexibility index (Phi) is 4.95. The molecule has 21 heavy (non-hydrogen) atoms. The second-order valence-corrected chi connectivity index (χ2v) is 6.60. The van der Waals surface area contributed by atoms with E-state index in [2.05, 4.69) is 4.72 Å². The highest BCUT2D eigenvalue weighted by Crippen LogP contribution is 2.17. The Bertz CT molecular complexity index is 750. The van der Waals surface area contributed by atoms with E-state index in [0.717, 1.165) is 6.07 Å². The van der Waals surface area contributed by atoms with Gasteiger partial charge in [0.25, 0.3) is 0 Å². The van der Waals surface area contributed by atoms with Crippen LogP contribution in [0.25, 0.3) is 0 Å². The highest BCUT2D eigenvalue weighted by molar-refractivity contribution is 7.89. The molecular formula is C14H14ClFN2O2S. The third-order valence-corrected chi connectivity index (χ3v) is 4.53. The third kappa shape index (κ3) is 4.01. The van der Waals surface area contributed by atoms with Gasteiger partial charge in [0.2, 0.25) is 10.0 Å². The zero-order chi connectivity index (χ0) is 15.5. The first-order chi connectivity index (χ1) is 9.92. The molecule has 0 fully saturated rings. The number of hydrogen-bond donors (Lipinski definition) is 2. The Morgan fingerprint density at radius 1 is 1.14 bits per heavy atom. The van der Waals surface area contributed by atoms with Gasteiger partial charge in [-0.1, -0.05) is 29.8 Å². The van der Waals surface area contributed by atoms with Gasteiger partial charge in [-0.05, 0) is 35.4 Å². The molecule has 0 atom stereocenters. The maximum atomic E-state index is 13.7. The van der Waals surface area contributed by atoms with Gasteiger partial charge >= 0.3 is 0 Å². The van der Waals surface area contributed by atoms with E-state index < -0.39 is 20.7 Å². The van der Waals surface area contributed by atoms with Crippen molar-refractivity contribution in [3.63, 3.8) is 0 Å². The number of rotatable bonds is 5. The lowest BCUT2D eigenvalue weighted by Crippen LogP contribution is -2.24. The van der Waals surface area contributed by atoms with E-state index in [4.69, 9.17) is 17.3 Å². The predicted molar refractivity (Wildman–Crippen MR) is 79.8 cm³/mol. The first-order valence-electron chi connectivity index (χ1n) is 6.15. The molecule has 3 N–H and O–H groups in total. The van der Waals surface area contributed by atoms with Gasteiger partial charge in [0.05, 0.1) is 0 Å². The standard InChI is InChI=1S/C14H14ClFN2O2S/c15-12-3-1-2-11(6-12)9-18-21(19,20)14-7-10(8-17)4-5-13(14)16/h1-7,18H,8-9,17H2. The molecule has 0 saturated heterocycles. The quantitative estimate of drug-likeness (QED) is 0.885. The largest absolute Gasteiger partial charge is 0.326 e. The summed E-state index contributed by atoms with van der Waals surface area (Å²) >= 11 is 5.83. The maximum absolute atomic E-state index is 13.7. The van der Waals surface area contributed by atoms with E-state index in [1.807, 2.05) is 0 Å². The van der Waals surface area contributed by atoms with Crippen LogP contribution < -0.4 is 10.5 Å². The van der Waals surface area contributed by atoms with Gasteiger partial charge in [0.15, 0.2) is 0 Å². The summed E-state index contributed by atoms with van der Waals surface area (Å²) in [6.07, 6.45) is 0. The summed E-state index contributed by atoms with van der Waals surface area (Å²) in [5, 5.41) is 0.503. The Labute approximate surface area is 127 Å². The van der Waals surface area contributed by atoms with Crippen molar-refractivity contribution in [3.05, 3.63) is 64.4 Å². The molecule has 0 aliphatic heterocycles. The Hall–Kier alpha value is -1.47. The summed E-state index contributed by atoms with van der Waals surface area (Å²) < 4.78 is 40.4. The Morgan fingerprint density at radius 2 is 1.90 bits per heavy atom. The van der Waals surface area contributed by atoms with Crippen LogP contribution in [0.4, 0.5) is 4.39 Å². The summed E-state index contributed by atoms with van der Waals surface area (Å²) in [7, 11) is -3.96. The minimum atomic E-state index is -3.96. The summed E-state index contributed by atoms with van der Waals surface area (Å²) in [4.78, 5) is -0.410. The Morgan fingerprint density at radius 3 is 2.57 bits per heavy atom. The molecule has 112 valence electrons. The van der Waals surface area contributed by atoms with Crippen LogP contribution in [0.2, 0.25) is 5.02 Å². The predicted octanol–water partition coefficient (Wildman–Crippen LogP) is 2.42. The molecule has 0 radical (unpaired) electrons. The second kappa shape index (κ2) is 6.53. The molecule has 0 unspecified atom stereocenters. The summed E-state index contributed by atoms with van der Waals surface area (Å²) in [6, 6.07) is 10.5. The van der Waals surface area contributed by atoms with Gasteiger partial charge in [0, 0.05) is 18.1 Å². The molecule has 2 aromatic carbocycles. The molecule has 0 bridgehead atoms. The van der Waals surface area contributed by atoms with Crippen LogP contribution >= 0.6 is 11.6 Å². The molecule has 0 aliphatic carbocycles. The van der Waals surface area contributed by atoms with Gasteiger partial charge in [-0.3, -0.25) is 0 Å². The lowest BCUT2D eigenvalue weighted by atomic mass is 10.2. The molecule has 0 heterocycles. The number of halogens is 2. The molecule has 0 amide bonds. The molecule has 0 aromatic heterocycles. The summed E-state index contributed by atoms with van der Waals surface area (Å²) in [6.45, 7) is 0.159. The number of benzene rings is 2. The smallest absolute Gasteiger partial charge is 0.243 e. The topological polar surface area (TPSA) is 72.2 Å². The average Bonchev–Trinajstić information content (AvgIpc) is 2.46. The second-order valence-electron chi connectivity index (χ2n) is 4.42. The van der Waals surface area contributed by atoms with E-state index in [0.29, 0.717) is 16.1 Å². The molecule has 4 nitrogen and oxygen atoms in total. The highest BCUT2D eigenvalue weighted by atomic mass is 35.5. The first kappa shape index (κ1) is 15.9. The highest BCUT2D eigenvalue weighted by Gasteiger charge is 2.19. The molecule has 2 aromatic rings. The van der Waals surface area contributed by atoms with E-state index >= 15 is 0 Å². The van der Waals surface area contributed by atoms with Crippen molar-refractivity contribution in [2.24, 2.45) is 5.73 Å². The average molecular weight is 329 g/mol. The summed E-state index contributed by atoms with van der Waals surface area (Å²) in [5.41, 5.74) is 6.66. The SMILES string of the molecule is NCc1ccc(F)c(S(=O)(=O)NCc2cccc(Cl)c2)c1. The summed E-state index contributed by atoms with van der Waals surface area (Å²) in [5.74, 6) is -0.814. The molecule has 0 saturated carbocycles. The molecule has 7 heteroatoms. The van der Waals surface area contributed by atoms with Crippen molar-refractivity contribution < 1.29 is 12.8 Å². The van der Waals surface area contributed by atoms with E-state index in [9.17, 15) is 12.8 Å². The van der Waals surface area contributed by atoms with Crippen molar-refractivity contribution in [2.45, 2.75) is 18.0 Å². The fourth-order valence-electron chi connectivity index (χ4n) is 1.78. The zero-order valence-corrected chi connectivity index (χ0v) is 12.6. The molecule has 2 rings (SSSR count). The Balaban J connectivity index is 2.22. The fraction of sp³-hybridized carbons (Fsp3) is 0.143. The monoisotopic (exact) mass is 328 g/mol. The van der Waals surface area contributed by atoms with Gasteiger partial charge in [-0.25, -0.2) is 17.5 Å². The van der Waals surface area contributed by atoms with Crippen LogP contribution in [-0.2, 0) is 23.1 Å². The number of nitrogens with one attached hydrogen (secondary N) is 1. The molecule has 0 spiro atoms. The van der Waals surface area contributed by atoms with Crippen LogP contribution in [0.15, 0.2) is 47.4 Å². The van der Waals surface area contributed by atoms with Crippen molar-refractivity contribution in [3.8, 4) is 0 Å².